The van der Waals surface area contributed by atoms with Crippen LogP contribution < -0.4 is 11.1 Å². The molecule has 2 atom stereocenters. The second-order valence-electron chi connectivity index (χ2n) is 3.85. The van der Waals surface area contributed by atoms with Crippen molar-refractivity contribution in [2.75, 3.05) is 24.7 Å². The Morgan fingerprint density at radius 2 is 2.13 bits per heavy atom. The molecule has 15 heavy (non-hydrogen) atoms. The smallest absolute Gasteiger partial charge is 0.0431 e. The predicted octanol–water partition coefficient (Wildman–Crippen LogP) is 1.21. The molecule has 4 N–H and O–H groups in total. The van der Waals surface area contributed by atoms with Gasteiger partial charge in [-0.3, -0.25) is 0 Å². The molecule has 0 aliphatic rings. The van der Waals surface area contributed by atoms with Crippen LogP contribution >= 0.6 is 11.8 Å². The maximum absolute atomic E-state index is 8.72. The minimum Gasteiger partial charge on any atom is -0.396 e. The lowest BCUT2D eigenvalue weighted by atomic mass is 10.1. The quantitative estimate of drug-likeness (QED) is 0.497. The van der Waals surface area contributed by atoms with Gasteiger partial charge in [0.25, 0.3) is 0 Å². The molecule has 0 aromatic rings. The molecule has 0 fully saturated rings. The van der Waals surface area contributed by atoms with Crippen molar-refractivity contribution in [1.29, 1.82) is 0 Å². The largest absolute Gasteiger partial charge is 0.396 e. The summed E-state index contributed by atoms with van der Waals surface area (Å²) in [6, 6.07) is 0.884. The highest BCUT2D eigenvalue weighted by Gasteiger charge is 2.09. The van der Waals surface area contributed by atoms with Gasteiger partial charge in [-0.15, -0.1) is 0 Å². The first-order chi connectivity index (χ1) is 7.24. The van der Waals surface area contributed by atoms with Gasteiger partial charge in [0.1, 0.15) is 0 Å². The number of hydrogen-bond acceptors (Lipinski definition) is 4. The fourth-order valence-electron chi connectivity index (χ4n) is 1.52. The van der Waals surface area contributed by atoms with Crippen LogP contribution in [0, 0.1) is 0 Å². The van der Waals surface area contributed by atoms with Gasteiger partial charge in [0.05, 0.1) is 0 Å². The summed E-state index contributed by atoms with van der Waals surface area (Å²) < 4.78 is 0. The molecule has 0 aromatic carbocycles. The second-order valence-corrected chi connectivity index (χ2v) is 5.25. The van der Waals surface area contributed by atoms with Gasteiger partial charge in [-0.2, -0.15) is 11.8 Å². The third kappa shape index (κ3) is 9.18. The molecule has 0 spiro atoms. The van der Waals surface area contributed by atoms with Crippen LogP contribution in [-0.4, -0.2) is 41.8 Å². The fraction of sp³-hybridized carbons (Fsp3) is 1.00. The van der Waals surface area contributed by atoms with Gasteiger partial charge in [0, 0.05) is 25.2 Å². The molecule has 0 radical (unpaired) electrons. The van der Waals surface area contributed by atoms with Crippen molar-refractivity contribution < 1.29 is 5.11 Å². The van der Waals surface area contributed by atoms with Gasteiger partial charge in [0.2, 0.25) is 0 Å². The molecule has 0 rings (SSSR count). The van der Waals surface area contributed by atoms with Crippen LogP contribution in [0.3, 0.4) is 0 Å². The van der Waals surface area contributed by atoms with Crippen molar-refractivity contribution in [2.45, 2.75) is 45.2 Å². The zero-order valence-corrected chi connectivity index (χ0v) is 10.9. The topological polar surface area (TPSA) is 58.3 Å². The minimum absolute atomic E-state index is 0.283. The van der Waals surface area contributed by atoms with E-state index in [1.165, 1.54) is 11.5 Å². The number of aliphatic hydroxyl groups is 1. The fourth-order valence-corrected chi connectivity index (χ4v) is 2.26. The first-order valence-corrected chi connectivity index (χ1v) is 7.04. The molecule has 4 heteroatoms. The zero-order chi connectivity index (χ0) is 11.5. The lowest BCUT2D eigenvalue weighted by molar-refractivity contribution is 0.273. The Morgan fingerprint density at radius 1 is 1.40 bits per heavy atom. The average Bonchev–Trinajstić information content (AvgIpc) is 2.25. The highest BCUT2D eigenvalue weighted by atomic mass is 32.2. The first-order valence-electron chi connectivity index (χ1n) is 5.89. The van der Waals surface area contributed by atoms with Gasteiger partial charge >= 0.3 is 0 Å². The van der Waals surface area contributed by atoms with Crippen molar-refractivity contribution in [3.05, 3.63) is 0 Å². The van der Waals surface area contributed by atoms with Gasteiger partial charge in [0.15, 0.2) is 0 Å². The molecule has 0 heterocycles. The highest BCUT2D eigenvalue weighted by molar-refractivity contribution is 7.99. The second kappa shape index (κ2) is 10.7. The summed E-state index contributed by atoms with van der Waals surface area (Å²) in [6.45, 7) is 5.32. The highest BCUT2D eigenvalue weighted by Crippen LogP contribution is 2.05. The number of hydrogen-bond donors (Lipinski definition) is 3. The molecule has 92 valence electrons. The van der Waals surface area contributed by atoms with E-state index < -0.39 is 0 Å². The van der Waals surface area contributed by atoms with Crippen molar-refractivity contribution in [2.24, 2.45) is 5.73 Å². The molecular weight excluding hydrogens is 208 g/mol. The van der Waals surface area contributed by atoms with Gasteiger partial charge in [-0.25, -0.2) is 0 Å². The van der Waals surface area contributed by atoms with E-state index in [1.807, 2.05) is 11.8 Å². The summed E-state index contributed by atoms with van der Waals surface area (Å²) in [7, 11) is 0. The number of thioether (sulfide) groups is 1. The molecule has 0 aliphatic carbocycles. The van der Waals surface area contributed by atoms with Gasteiger partial charge in [-0.05, 0) is 37.7 Å². The van der Waals surface area contributed by atoms with Gasteiger partial charge in [-0.1, -0.05) is 6.92 Å². The van der Waals surface area contributed by atoms with Crippen LogP contribution in [0.4, 0.5) is 0 Å². The summed E-state index contributed by atoms with van der Waals surface area (Å²) in [4.78, 5) is 0. The van der Waals surface area contributed by atoms with Crippen LogP contribution in [-0.2, 0) is 0 Å². The van der Waals surface area contributed by atoms with Crippen LogP contribution in [0.5, 0.6) is 0 Å². The Balaban J connectivity index is 3.57. The summed E-state index contributed by atoms with van der Waals surface area (Å²) >= 11 is 1.96. The normalized spacial score (nSPS) is 15.2. The Hall–Kier alpha value is 0.230. The van der Waals surface area contributed by atoms with Crippen LogP contribution in [0.25, 0.3) is 0 Å². The number of nitrogens with two attached hydrogens (primary N) is 1. The van der Waals surface area contributed by atoms with E-state index in [-0.39, 0.29) is 6.61 Å². The Kier molecular flexibility index (Phi) is 10.9. The third-order valence-corrected chi connectivity index (χ3v) is 3.35. The number of aliphatic hydroxyl groups excluding tert-OH is 1. The molecule has 0 saturated carbocycles. The maximum atomic E-state index is 8.72. The zero-order valence-electron chi connectivity index (χ0n) is 10.0. The standard InChI is InChI=1S/C11H26N2OS/c1-3-15-8-6-11(9-12)13-10(2)5-4-7-14/h10-11,13-14H,3-9,12H2,1-2H3. The Labute approximate surface area is 98.2 Å². The Morgan fingerprint density at radius 3 is 2.67 bits per heavy atom. The molecule has 0 aliphatic heterocycles. The van der Waals surface area contributed by atoms with Crippen LogP contribution in [0.15, 0.2) is 0 Å². The third-order valence-electron chi connectivity index (χ3n) is 2.41. The van der Waals surface area contributed by atoms with E-state index in [1.54, 1.807) is 0 Å². The summed E-state index contributed by atoms with van der Waals surface area (Å²) in [5.41, 5.74) is 5.71. The minimum atomic E-state index is 0.283. The lowest BCUT2D eigenvalue weighted by Crippen LogP contribution is -2.41. The average molecular weight is 234 g/mol. The van der Waals surface area contributed by atoms with E-state index in [9.17, 15) is 0 Å². The maximum Gasteiger partial charge on any atom is 0.0431 e. The first kappa shape index (κ1) is 15.2. The Bertz CT molecular complexity index is 136. The molecular formula is C11H26N2OS. The van der Waals surface area contributed by atoms with E-state index in [2.05, 4.69) is 19.2 Å². The van der Waals surface area contributed by atoms with Gasteiger partial charge < -0.3 is 16.2 Å². The molecule has 0 amide bonds. The molecule has 0 bridgehead atoms. The van der Waals surface area contributed by atoms with Crippen molar-refractivity contribution in [3.8, 4) is 0 Å². The number of rotatable bonds is 10. The summed E-state index contributed by atoms with van der Waals surface area (Å²) in [5, 5.41) is 12.2. The van der Waals surface area contributed by atoms with Crippen molar-refractivity contribution in [3.63, 3.8) is 0 Å². The van der Waals surface area contributed by atoms with E-state index in [0.29, 0.717) is 18.6 Å². The summed E-state index contributed by atoms with van der Waals surface area (Å²) in [6.07, 6.45) is 3.03. The van der Waals surface area contributed by atoms with Crippen molar-refractivity contribution >= 4 is 11.8 Å². The molecule has 0 aromatic heterocycles. The summed E-state index contributed by atoms with van der Waals surface area (Å²) in [5.74, 6) is 2.36. The number of nitrogens with one attached hydrogen (secondary N) is 1. The SMILES string of the molecule is CCSCCC(CN)NC(C)CCCO. The predicted molar refractivity (Wildman–Crippen MR) is 69.4 cm³/mol. The van der Waals surface area contributed by atoms with Crippen LogP contribution in [0.1, 0.15) is 33.1 Å². The molecule has 0 saturated heterocycles. The molecule has 3 nitrogen and oxygen atoms in total. The van der Waals surface area contributed by atoms with Crippen LogP contribution in [0.2, 0.25) is 0 Å². The van der Waals surface area contributed by atoms with Crippen molar-refractivity contribution in [1.82, 2.24) is 5.32 Å². The van der Waals surface area contributed by atoms with E-state index >= 15 is 0 Å². The molecule has 2 unspecified atom stereocenters. The monoisotopic (exact) mass is 234 g/mol. The van der Waals surface area contributed by atoms with E-state index in [4.69, 9.17) is 10.8 Å². The lowest BCUT2D eigenvalue weighted by Gasteiger charge is -2.21. The van der Waals surface area contributed by atoms with E-state index in [0.717, 1.165) is 19.3 Å².